The SMILES string of the molecule is Cc1nc(CC(=O)NCc2ccc(O)cc2)sc1C(=O)O. The van der Waals surface area contributed by atoms with Gasteiger partial charge in [0.15, 0.2) is 0 Å². The van der Waals surface area contributed by atoms with Crippen LogP contribution in [0.5, 0.6) is 5.75 Å². The van der Waals surface area contributed by atoms with Crippen LogP contribution in [0.3, 0.4) is 0 Å². The van der Waals surface area contributed by atoms with E-state index in [9.17, 15) is 9.59 Å². The first kappa shape index (κ1) is 15.0. The van der Waals surface area contributed by atoms with Crippen molar-refractivity contribution in [2.45, 2.75) is 19.9 Å². The fraction of sp³-hybridized carbons (Fsp3) is 0.214. The minimum atomic E-state index is -1.03. The van der Waals surface area contributed by atoms with Crippen molar-refractivity contribution >= 4 is 23.2 Å². The van der Waals surface area contributed by atoms with Crippen molar-refractivity contribution in [1.29, 1.82) is 0 Å². The molecule has 1 amide bonds. The molecular weight excluding hydrogens is 292 g/mol. The van der Waals surface area contributed by atoms with Crippen LogP contribution in [0.15, 0.2) is 24.3 Å². The van der Waals surface area contributed by atoms with Crippen LogP contribution in [0, 0.1) is 6.92 Å². The number of carbonyl (C=O) groups excluding carboxylic acids is 1. The normalized spacial score (nSPS) is 10.3. The zero-order chi connectivity index (χ0) is 15.4. The number of carboxylic acid groups (broad SMARTS) is 1. The van der Waals surface area contributed by atoms with Gasteiger partial charge < -0.3 is 15.5 Å². The fourth-order valence-electron chi connectivity index (χ4n) is 1.74. The molecule has 0 aliphatic rings. The molecule has 6 nitrogen and oxygen atoms in total. The summed E-state index contributed by atoms with van der Waals surface area (Å²) in [5.41, 5.74) is 1.29. The number of carboxylic acids is 1. The number of phenols is 1. The van der Waals surface area contributed by atoms with Crippen LogP contribution >= 0.6 is 11.3 Å². The van der Waals surface area contributed by atoms with Gasteiger partial charge in [-0.05, 0) is 24.6 Å². The minimum Gasteiger partial charge on any atom is -0.508 e. The van der Waals surface area contributed by atoms with Gasteiger partial charge in [-0.15, -0.1) is 11.3 Å². The molecule has 21 heavy (non-hydrogen) atoms. The molecule has 0 fully saturated rings. The Kier molecular flexibility index (Phi) is 4.54. The average molecular weight is 306 g/mol. The Balaban J connectivity index is 1.91. The largest absolute Gasteiger partial charge is 0.508 e. The molecule has 1 heterocycles. The van der Waals surface area contributed by atoms with Gasteiger partial charge >= 0.3 is 5.97 Å². The maximum Gasteiger partial charge on any atom is 0.347 e. The molecular formula is C14H14N2O4S. The zero-order valence-electron chi connectivity index (χ0n) is 11.3. The molecule has 7 heteroatoms. The molecule has 0 aliphatic carbocycles. The van der Waals surface area contributed by atoms with Gasteiger partial charge in [-0.3, -0.25) is 4.79 Å². The second kappa shape index (κ2) is 6.36. The lowest BCUT2D eigenvalue weighted by atomic mass is 10.2. The van der Waals surface area contributed by atoms with Crippen molar-refractivity contribution in [3.8, 4) is 5.75 Å². The predicted molar refractivity (Wildman–Crippen MR) is 77.5 cm³/mol. The minimum absolute atomic E-state index is 0.0525. The Bertz CT molecular complexity index is 664. The third-order valence-electron chi connectivity index (χ3n) is 2.77. The van der Waals surface area contributed by atoms with E-state index in [-0.39, 0.29) is 23.0 Å². The van der Waals surface area contributed by atoms with Crippen LogP contribution in [0.4, 0.5) is 0 Å². The first-order valence-electron chi connectivity index (χ1n) is 6.20. The van der Waals surface area contributed by atoms with Crippen molar-refractivity contribution in [2.24, 2.45) is 0 Å². The van der Waals surface area contributed by atoms with Crippen LogP contribution in [-0.2, 0) is 17.8 Å². The molecule has 1 aromatic heterocycles. The summed E-state index contributed by atoms with van der Waals surface area (Å²) < 4.78 is 0. The Morgan fingerprint density at radius 1 is 1.29 bits per heavy atom. The number of aromatic hydroxyl groups is 1. The molecule has 0 atom stereocenters. The van der Waals surface area contributed by atoms with Crippen molar-refractivity contribution in [3.63, 3.8) is 0 Å². The molecule has 0 aliphatic heterocycles. The van der Waals surface area contributed by atoms with E-state index in [1.54, 1.807) is 31.2 Å². The number of hydrogen-bond donors (Lipinski definition) is 3. The average Bonchev–Trinajstić information content (AvgIpc) is 2.79. The van der Waals surface area contributed by atoms with Crippen LogP contribution in [0.2, 0.25) is 0 Å². The summed E-state index contributed by atoms with van der Waals surface area (Å²) >= 11 is 1.02. The van der Waals surface area contributed by atoms with Crippen LogP contribution in [-0.4, -0.2) is 27.1 Å². The number of aromatic carboxylic acids is 1. The first-order chi connectivity index (χ1) is 9.95. The van der Waals surface area contributed by atoms with Gasteiger partial charge in [0, 0.05) is 6.54 Å². The van der Waals surface area contributed by atoms with Crippen LogP contribution in [0.1, 0.15) is 25.9 Å². The Labute approximate surface area is 125 Å². The summed E-state index contributed by atoms with van der Waals surface area (Å²) in [7, 11) is 0. The lowest BCUT2D eigenvalue weighted by molar-refractivity contribution is -0.120. The molecule has 0 saturated heterocycles. The van der Waals surface area contributed by atoms with Gasteiger partial charge in [-0.1, -0.05) is 12.1 Å². The molecule has 0 saturated carbocycles. The molecule has 3 N–H and O–H groups in total. The van der Waals surface area contributed by atoms with Crippen molar-refractivity contribution in [3.05, 3.63) is 45.4 Å². The van der Waals surface area contributed by atoms with E-state index in [0.717, 1.165) is 16.9 Å². The topological polar surface area (TPSA) is 99.5 Å². The maximum absolute atomic E-state index is 11.8. The first-order valence-corrected chi connectivity index (χ1v) is 7.01. The van der Waals surface area contributed by atoms with Crippen LogP contribution < -0.4 is 5.32 Å². The quantitative estimate of drug-likeness (QED) is 0.781. The van der Waals surface area contributed by atoms with Crippen molar-refractivity contribution in [1.82, 2.24) is 10.3 Å². The number of thiazole rings is 1. The second-order valence-electron chi connectivity index (χ2n) is 4.45. The maximum atomic E-state index is 11.8. The van der Waals surface area contributed by atoms with E-state index < -0.39 is 5.97 Å². The van der Waals surface area contributed by atoms with E-state index in [4.69, 9.17) is 10.2 Å². The number of benzene rings is 1. The zero-order valence-corrected chi connectivity index (χ0v) is 12.1. The Morgan fingerprint density at radius 3 is 2.52 bits per heavy atom. The summed E-state index contributed by atoms with van der Waals surface area (Å²) in [4.78, 5) is 27.0. The third-order valence-corrected chi connectivity index (χ3v) is 3.92. The molecule has 0 spiro atoms. The summed E-state index contributed by atoms with van der Waals surface area (Å²) in [6.07, 6.45) is 0.0525. The molecule has 110 valence electrons. The number of nitrogens with one attached hydrogen (secondary N) is 1. The fourth-order valence-corrected chi connectivity index (χ4v) is 2.64. The monoisotopic (exact) mass is 306 g/mol. The highest BCUT2D eigenvalue weighted by atomic mass is 32.1. The molecule has 0 radical (unpaired) electrons. The summed E-state index contributed by atoms with van der Waals surface area (Å²) in [5.74, 6) is -1.08. The van der Waals surface area contributed by atoms with Gasteiger partial charge in [-0.25, -0.2) is 9.78 Å². The number of carbonyl (C=O) groups is 2. The van der Waals surface area contributed by atoms with Gasteiger partial charge in [0.2, 0.25) is 5.91 Å². The summed E-state index contributed by atoms with van der Waals surface area (Å²) in [6, 6.07) is 6.52. The Hall–Kier alpha value is -2.41. The highest BCUT2D eigenvalue weighted by Crippen LogP contribution is 2.18. The molecule has 0 unspecified atom stereocenters. The number of aryl methyl sites for hydroxylation is 1. The van der Waals surface area contributed by atoms with Gasteiger partial charge in [-0.2, -0.15) is 0 Å². The van der Waals surface area contributed by atoms with Gasteiger partial charge in [0.05, 0.1) is 12.1 Å². The highest BCUT2D eigenvalue weighted by Gasteiger charge is 2.15. The van der Waals surface area contributed by atoms with E-state index in [1.807, 2.05) is 0 Å². The number of rotatable bonds is 5. The standard InChI is InChI=1S/C14H14N2O4S/c1-8-13(14(19)20)21-12(16-8)6-11(18)15-7-9-2-4-10(17)5-3-9/h2-5,17H,6-7H2,1H3,(H,15,18)(H,19,20). The third kappa shape index (κ3) is 4.03. The predicted octanol–water partition coefficient (Wildman–Crippen LogP) is 1.71. The highest BCUT2D eigenvalue weighted by molar-refractivity contribution is 7.13. The van der Waals surface area contributed by atoms with E-state index in [1.165, 1.54) is 0 Å². The summed E-state index contributed by atoms with van der Waals surface area (Å²) in [6.45, 7) is 1.95. The number of phenolic OH excluding ortho intramolecular Hbond substituents is 1. The number of hydrogen-bond acceptors (Lipinski definition) is 5. The summed E-state index contributed by atoms with van der Waals surface area (Å²) in [5, 5.41) is 21.3. The van der Waals surface area contributed by atoms with Crippen molar-refractivity contribution in [2.75, 3.05) is 0 Å². The van der Waals surface area contributed by atoms with E-state index in [0.29, 0.717) is 17.2 Å². The van der Waals surface area contributed by atoms with E-state index in [2.05, 4.69) is 10.3 Å². The molecule has 2 aromatic rings. The molecule has 2 rings (SSSR count). The second-order valence-corrected chi connectivity index (χ2v) is 5.53. The lowest BCUT2D eigenvalue weighted by Gasteiger charge is -2.04. The lowest BCUT2D eigenvalue weighted by Crippen LogP contribution is -2.24. The number of amides is 1. The smallest absolute Gasteiger partial charge is 0.347 e. The van der Waals surface area contributed by atoms with Crippen LogP contribution in [0.25, 0.3) is 0 Å². The van der Waals surface area contributed by atoms with Gasteiger partial charge in [0.25, 0.3) is 0 Å². The number of nitrogens with zero attached hydrogens (tertiary/aromatic N) is 1. The van der Waals surface area contributed by atoms with Crippen molar-refractivity contribution < 1.29 is 19.8 Å². The van der Waals surface area contributed by atoms with Gasteiger partial charge in [0.1, 0.15) is 15.6 Å². The number of aromatic nitrogens is 1. The van der Waals surface area contributed by atoms with E-state index >= 15 is 0 Å². The Morgan fingerprint density at radius 2 is 1.95 bits per heavy atom. The molecule has 0 bridgehead atoms. The molecule has 1 aromatic carbocycles.